The van der Waals surface area contributed by atoms with Crippen molar-refractivity contribution < 1.29 is 4.79 Å². The number of fused-ring (bicyclic) bond motifs is 1. The van der Waals surface area contributed by atoms with Gasteiger partial charge in [0.05, 0.1) is 0 Å². The second-order valence-electron chi connectivity index (χ2n) is 5.69. The molecule has 4 nitrogen and oxygen atoms in total. The molecule has 0 radical (unpaired) electrons. The molecule has 3 rings (SSSR count). The second kappa shape index (κ2) is 4.30. The number of amides is 1. The Labute approximate surface area is 112 Å². The van der Waals surface area contributed by atoms with E-state index in [0.717, 1.165) is 23.4 Å². The van der Waals surface area contributed by atoms with E-state index < -0.39 is 0 Å². The Morgan fingerprint density at radius 3 is 2.89 bits per heavy atom. The number of rotatable bonds is 3. The number of H-pyrrole nitrogens is 1. The van der Waals surface area contributed by atoms with Crippen molar-refractivity contribution in [3.8, 4) is 0 Å². The van der Waals surface area contributed by atoms with Gasteiger partial charge in [-0.1, -0.05) is 6.92 Å². The molecule has 0 saturated heterocycles. The smallest absolute Gasteiger partial charge is 0.270 e. The first-order chi connectivity index (χ1) is 9.04. The lowest BCUT2D eigenvalue weighted by molar-refractivity contribution is 0.0782. The van der Waals surface area contributed by atoms with E-state index in [0.29, 0.717) is 17.3 Å². The summed E-state index contributed by atoms with van der Waals surface area (Å²) in [5.41, 5.74) is 8.05. The highest BCUT2D eigenvalue weighted by Crippen LogP contribution is 2.38. The number of benzene rings is 1. The molecule has 19 heavy (non-hydrogen) atoms. The summed E-state index contributed by atoms with van der Waals surface area (Å²) < 4.78 is 0. The minimum absolute atomic E-state index is 0.0499. The molecule has 1 aromatic carbocycles. The number of nitrogens with two attached hydrogens (primary N) is 1. The number of nitrogens with zero attached hydrogens (tertiary/aromatic N) is 1. The third-order valence-corrected chi connectivity index (χ3v) is 4.01. The lowest BCUT2D eigenvalue weighted by Crippen LogP contribution is -2.29. The summed E-state index contributed by atoms with van der Waals surface area (Å²) in [6, 6.07) is 7.50. The molecule has 2 unspecified atom stereocenters. The number of nitrogens with one attached hydrogen (secondary N) is 1. The molecule has 2 aromatic rings. The Hall–Kier alpha value is -1.97. The molecule has 2 atom stereocenters. The van der Waals surface area contributed by atoms with E-state index in [-0.39, 0.29) is 5.91 Å². The van der Waals surface area contributed by atoms with Crippen LogP contribution < -0.4 is 5.73 Å². The number of hydrogen-bond acceptors (Lipinski definition) is 2. The fraction of sp³-hybridized carbons (Fsp3) is 0.400. The fourth-order valence-corrected chi connectivity index (χ4v) is 2.56. The largest absolute Gasteiger partial charge is 0.399 e. The summed E-state index contributed by atoms with van der Waals surface area (Å²) in [6.45, 7) is 3.08. The van der Waals surface area contributed by atoms with Gasteiger partial charge in [0.1, 0.15) is 5.69 Å². The number of carbonyl (C=O) groups excluding carboxylic acids is 1. The monoisotopic (exact) mass is 257 g/mol. The van der Waals surface area contributed by atoms with Gasteiger partial charge in [-0.15, -0.1) is 0 Å². The highest BCUT2D eigenvalue weighted by molar-refractivity contribution is 5.98. The molecule has 1 fully saturated rings. The van der Waals surface area contributed by atoms with E-state index in [9.17, 15) is 4.79 Å². The molecule has 0 spiro atoms. The molecule has 4 heteroatoms. The zero-order chi connectivity index (χ0) is 13.6. The van der Waals surface area contributed by atoms with E-state index >= 15 is 0 Å². The molecule has 3 N–H and O–H groups in total. The highest BCUT2D eigenvalue weighted by Gasteiger charge is 2.34. The summed E-state index contributed by atoms with van der Waals surface area (Å²) in [5.74, 6) is 1.49. The lowest BCUT2D eigenvalue weighted by atomic mass is 10.2. The Kier molecular flexibility index (Phi) is 2.73. The average Bonchev–Trinajstić information content (AvgIpc) is 2.90. The first kappa shape index (κ1) is 12.1. The number of hydrogen-bond donors (Lipinski definition) is 2. The van der Waals surface area contributed by atoms with Crippen LogP contribution in [0.15, 0.2) is 24.3 Å². The Balaban J connectivity index is 1.80. The van der Waals surface area contributed by atoms with Crippen LogP contribution in [-0.4, -0.2) is 29.4 Å². The molecular weight excluding hydrogens is 238 g/mol. The molecule has 1 heterocycles. The minimum atomic E-state index is 0.0499. The zero-order valence-electron chi connectivity index (χ0n) is 11.3. The van der Waals surface area contributed by atoms with Crippen LogP contribution in [0.4, 0.5) is 5.69 Å². The van der Waals surface area contributed by atoms with Gasteiger partial charge in [0.25, 0.3) is 5.91 Å². The quantitative estimate of drug-likeness (QED) is 0.830. The highest BCUT2D eigenvalue weighted by atomic mass is 16.2. The van der Waals surface area contributed by atoms with Crippen LogP contribution in [0.25, 0.3) is 10.9 Å². The molecule has 100 valence electrons. The van der Waals surface area contributed by atoms with Crippen molar-refractivity contribution in [2.45, 2.75) is 13.3 Å². The average molecular weight is 257 g/mol. The number of aromatic nitrogens is 1. The molecule has 1 amide bonds. The first-order valence-corrected chi connectivity index (χ1v) is 6.68. The van der Waals surface area contributed by atoms with Crippen LogP contribution in [0.3, 0.4) is 0 Å². The summed E-state index contributed by atoms with van der Waals surface area (Å²) in [5, 5.41) is 0.983. The number of nitrogen functional groups attached to an aromatic ring is 1. The molecule has 0 bridgehead atoms. The summed E-state index contributed by atoms with van der Waals surface area (Å²) in [6.07, 6.45) is 1.24. The van der Waals surface area contributed by atoms with Crippen molar-refractivity contribution in [1.82, 2.24) is 9.88 Å². The molecule has 1 aliphatic rings. The fourth-order valence-electron chi connectivity index (χ4n) is 2.56. The van der Waals surface area contributed by atoms with E-state index in [4.69, 9.17) is 5.73 Å². The van der Waals surface area contributed by atoms with Crippen molar-refractivity contribution in [2.24, 2.45) is 11.8 Å². The van der Waals surface area contributed by atoms with Gasteiger partial charge < -0.3 is 15.6 Å². The van der Waals surface area contributed by atoms with Crippen molar-refractivity contribution in [1.29, 1.82) is 0 Å². The number of carbonyl (C=O) groups is 1. The second-order valence-corrected chi connectivity index (χ2v) is 5.69. The molecule has 1 aromatic heterocycles. The summed E-state index contributed by atoms with van der Waals surface area (Å²) in [4.78, 5) is 17.3. The predicted molar refractivity (Wildman–Crippen MR) is 76.9 cm³/mol. The van der Waals surface area contributed by atoms with Gasteiger partial charge in [0.15, 0.2) is 0 Å². The Morgan fingerprint density at radius 1 is 1.47 bits per heavy atom. The van der Waals surface area contributed by atoms with E-state index in [1.807, 2.05) is 36.2 Å². The van der Waals surface area contributed by atoms with E-state index in [1.165, 1.54) is 6.42 Å². The Morgan fingerprint density at radius 2 is 2.21 bits per heavy atom. The lowest BCUT2D eigenvalue weighted by Gasteiger charge is -2.15. The zero-order valence-corrected chi connectivity index (χ0v) is 11.3. The third kappa shape index (κ3) is 2.30. The van der Waals surface area contributed by atoms with Gasteiger partial charge in [-0.2, -0.15) is 0 Å². The van der Waals surface area contributed by atoms with Crippen molar-refractivity contribution in [2.75, 3.05) is 19.3 Å². The maximum absolute atomic E-state index is 12.3. The van der Waals surface area contributed by atoms with E-state index in [1.54, 1.807) is 0 Å². The van der Waals surface area contributed by atoms with Gasteiger partial charge in [-0.05, 0) is 42.5 Å². The first-order valence-electron chi connectivity index (χ1n) is 6.68. The van der Waals surface area contributed by atoms with Crippen LogP contribution in [0.1, 0.15) is 23.8 Å². The van der Waals surface area contributed by atoms with Gasteiger partial charge in [-0.3, -0.25) is 4.79 Å². The summed E-state index contributed by atoms with van der Waals surface area (Å²) in [7, 11) is 1.87. The number of anilines is 1. The molecule has 1 aliphatic carbocycles. The van der Waals surface area contributed by atoms with Gasteiger partial charge in [-0.25, -0.2) is 0 Å². The molecular formula is C15H19N3O. The minimum Gasteiger partial charge on any atom is -0.399 e. The van der Waals surface area contributed by atoms with Crippen LogP contribution in [-0.2, 0) is 0 Å². The van der Waals surface area contributed by atoms with E-state index in [2.05, 4.69) is 11.9 Å². The molecule has 0 aliphatic heterocycles. The van der Waals surface area contributed by atoms with Crippen LogP contribution in [0.5, 0.6) is 0 Å². The van der Waals surface area contributed by atoms with Crippen molar-refractivity contribution >= 4 is 22.5 Å². The van der Waals surface area contributed by atoms with Crippen LogP contribution in [0, 0.1) is 11.8 Å². The maximum Gasteiger partial charge on any atom is 0.270 e. The normalized spacial score (nSPS) is 21.6. The van der Waals surface area contributed by atoms with Gasteiger partial charge >= 0.3 is 0 Å². The Bertz CT molecular complexity index is 631. The SMILES string of the molecule is CC1CC1CN(C)C(=O)c1cc2cc(N)ccc2[nH]1. The maximum atomic E-state index is 12.3. The predicted octanol–water partition coefficient (Wildman–Crippen LogP) is 2.48. The van der Waals surface area contributed by atoms with Crippen LogP contribution in [0.2, 0.25) is 0 Å². The third-order valence-electron chi connectivity index (χ3n) is 4.01. The topological polar surface area (TPSA) is 62.1 Å². The van der Waals surface area contributed by atoms with Gasteiger partial charge in [0, 0.05) is 30.2 Å². The van der Waals surface area contributed by atoms with Gasteiger partial charge in [0.2, 0.25) is 0 Å². The number of aromatic amines is 1. The van der Waals surface area contributed by atoms with Crippen molar-refractivity contribution in [3.63, 3.8) is 0 Å². The summed E-state index contributed by atoms with van der Waals surface area (Å²) >= 11 is 0. The molecule has 1 saturated carbocycles. The standard InChI is InChI=1S/C15H19N3O/c1-9-5-11(9)8-18(2)15(19)14-7-10-6-12(16)3-4-13(10)17-14/h3-4,6-7,9,11,17H,5,8,16H2,1-2H3. The van der Waals surface area contributed by atoms with Crippen molar-refractivity contribution in [3.05, 3.63) is 30.0 Å². The van der Waals surface area contributed by atoms with Crippen LogP contribution >= 0.6 is 0 Å².